The molecule has 0 bridgehead atoms. The molecular formula is C24H29FN4O3S. The van der Waals surface area contributed by atoms with E-state index in [1.165, 1.54) is 6.07 Å². The van der Waals surface area contributed by atoms with Gasteiger partial charge in [-0.25, -0.2) is 4.39 Å². The van der Waals surface area contributed by atoms with Crippen molar-refractivity contribution in [2.45, 2.75) is 50.4 Å². The van der Waals surface area contributed by atoms with Crippen LogP contribution in [-0.2, 0) is 20.9 Å². The van der Waals surface area contributed by atoms with Gasteiger partial charge in [0.05, 0.1) is 31.8 Å². The van der Waals surface area contributed by atoms with Gasteiger partial charge < -0.3 is 4.74 Å². The van der Waals surface area contributed by atoms with Crippen molar-refractivity contribution in [3.8, 4) is 0 Å². The Morgan fingerprint density at radius 1 is 1.30 bits per heavy atom. The molecule has 2 unspecified atom stereocenters. The maximum absolute atomic E-state index is 14.7. The lowest BCUT2D eigenvalue weighted by molar-refractivity contribution is -0.143. The van der Waals surface area contributed by atoms with Gasteiger partial charge in [-0.3, -0.25) is 19.2 Å². The number of esters is 1. The number of benzene rings is 1. The van der Waals surface area contributed by atoms with Crippen molar-refractivity contribution < 1.29 is 18.7 Å². The Morgan fingerprint density at radius 2 is 2.09 bits per heavy atom. The Balaban J connectivity index is 1.51. The third-order valence-electron chi connectivity index (χ3n) is 6.06. The first-order valence-electron chi connectivity index (χ1n) is 11.4. The van der Waals surface area contributed by atoms with Gasteiger partial charge in [-0.15, -0.1) is 5.10 Å². The molecule has 1 aliphatic carbocycles. The van der Waals surface area contributed by atoms with Gasteiger partial charge in [0, 0.05) is 29.8 Å². The number of carbonyl (C=O) groups is 2. The molecule has 1 aromatic heterocycles. The maximum atomic E-state index is 14.7. The standard InChI is InChI=1S/C24H29FN4O3S/c1-2-32-22(30)10-12-29-15-18(26-27-29)13-17-14-28(11-9-21(17)33)23(24(31)16-7-8-16)19-5-3-4-6-20(19)25/h3-6,13,15-16,21,23,33H,2,7-12,14H2,1H3/b17-13+. The minimum absolute atomic E-state index is 0.0169. The van der Waals surface area contributed by atoms with Crippen LogP contribution < -0.4 is 0 Å². The van der Waals surface area contributed by atoms with Crippen LogP contribution in [0.15, 0.2) is 36.0 Å². The average molecular weight is 473 g/mol. The Kier molecular flexibility index (Phi) is 7.60. The number of rotatable bonds is 9. The van der Waals surface area contributed by atoms with Crippen LogP contribution in [0.4, 0.5) is 4.39 Å². The number of ether oxygens (including phenoxy) is 1. The predicted molar refractivity (Wildman–Crippen MR) is 125 cm³/mol. The molecule has 1 aromatic carbocycles. The highest BCUT2D eigenvalue weighted by atomic mass is 32.1. The molecule has 4 rings (SSSR count). The van der Waals surface area contributed by atoms with Crippen LogP contribution in [0, 0.1) is 11.7 Å². The lowest BCUT2D eigenvalue weighted by Crippen LogP contribution is -2.42. The zero-order valence-corrected chi connectivity index (χ0v) is 19.6. The maximum Gasteiger partial charge on any atom is 0.307 e. The lowest BCUT2D eigenvalue weighted by atomic mass is 9.93. The van der Waals surface area contributed by atoms with Crippen LogP contribution in [0.1, 0.15) is 49.9 Å². The van der Waals surface area contributed by atoms with Crippen LogP contribution in [0.25, 0.3) is 6.08 Å². The van der Waals surface area contributed by atoms with Crippen LogP contribution in [0.2, 0.25) is 0 Å². The van der Waals surface area contributed by atoms with Gasteiger partial charge in [0.1, 0.15) is 11.5 Å². The van der Waals surface area contributed by atoms with Gasteiger partial charge in [-0.05, 0) is 43.9 Å². The van der Waals surface area contributed by atoms with E-state index in [0.29, 0.717) is 37.5 Å². The number of likely N-dealkylation sites (tertiary alicyclic amines) is 1. The summed E-state index contributed by atoms with van der Waals surface area (Å²) in [5, 5.41) is 8.29. The van der Waals surface area contributed by atoms with Crippen LogP contribution in [0.3, 0.4) is 0 Å². The van der Waals surface area contributed by atoms with Crippen molar-refractivity contribution in [3.05, 3.63) is 53.1 Å². The van der Waals surface area contributed by atoms with Crippen LogP contribution in [0.5, 0.6) is 0 Å². The molecule has 9 heteroatoms. The predicted octanol–water partition coefficient (Wildman–Crippen LogP) is 3.48. The third-order valence-corrected chi connectivity index (χ3v) is 6.65. The average Bonchev–Trinajstić information content (AvgIpc) is 3.56. The topological polar surface area (TPSA) is 77.3 Å². The van der Waals surface area contributed by atoms with Crippen molar-refractivity contribution in [2.75, 3.05) is 19.7 Å². The van der Waals surface area contributed by atoms with Crippen LogP contribution in [-0.4, -0.2) is 56.6 Å². The van der Waals surface area contributed by atoms with Crippen LogP contribution >= 0.6 is 12.6 Å². The molecule has 0 spiro atoms. The number of ketones is 1. The van der Waals surface area contributed by atoms with E-state index in [4.69, 9.17) is 17.4 Å². The number of piperidine rings is 1. The summed E-state index contributed by atoms with van der Waals surface area (Å²) in [5.74, 6) is -0.498. The van der Waals surface area contributed by atoms with Crippen molar-refractivity contribution >= 4 is 30.5 Å². The number of nitrogens with zero attached hydrogens (tertiary/aromatic N) is 4. The normalized spacial score (nSPS) is 21.2. The first-order chi connectivity index (χ1) is 16.0. The highest BCUT2D eigenvalue weighted by molar-refractivity contribution is 7.81. The fraction of sp³-hybridized carbons (Fsp3) is 0.500. The van der Waals surface area contributed by atoms with E-state index in [1.807, 2.05) is 6.08 Å². The van der Waals surface area contributed by atoms with Gasteiger partial charge in [-0.1, -0.05) is 23.4 Å². The molecular weight excluding hydrogens is 443 g/mol. The summed E-state index contributed by atoms with van der Waals surface area (Å²) >= 11 is 4.74. The van der Waals surface area contributed by atoms with Gasteiger partial charge in [0.25, 0.3) is 0 Å². The molecule has 1 saturated carbocycles. The molecule has 1 aliphatic heterocycles. The number of halogens is 1. The summed E-state index contributed by atoms with van der Waals surface area (Å²) in [5.41, 5.74) is 2.11. The zero-order valence-electron chi connectivity index (χ0n) is 18.7. The Morgan fingerprint density at radius 3 is 2.82 bits per heavy atom. The second-order valence-corrected chi connectivity index (χ2v) is 9.18. The van der Waals surface area contributed by atoms with Gasteiger partial charge in [-0.2, -0.15) is 12.6 Å². The molecule has 0 N–H and O–H groups in total. The Bertz CT molecular complexity index is 1040. The largest absolute Gasteiger partial charge is 0.466 e. The van der Waals surface area contributed by atoms with E-state index in [-0.39, 0.29) is 35.2 Å². The molecule has 1 saturated heterocycles. The van der Waals surface area contributed by atoms with Crippen molar-refractivity contribution in [2.24, 2.45) is 5.92 Å². The Labute approximate surface area is 198 Å². The van der Waals surface area contributed by atoms with E-state index in [9.17, 15) is 14.0 Å². The van der Waals surface area contributed by atoms with Gasteiger partial charge >= 0.3 is 5.97 Å². The molecule has 176 valence electrons. The summed E-state index contributed by atoms with van der Waals surface area (Å²) < 4.78 is 21.2. The molecule has 0 radical (unpaired) electrons. The molecule has 2 fully saturated rings. The van der Waals surface area contributed by atoms with Crippen molar-refractivity contribution in [3.63, 3.8) is 0 Å². The molecule has 7 nitrogen and oxygen atoms in total. The summed E-state index contributed by atoms with van der Waals surface area (Å²) in [7, 11) is 0. The number of hydrogen-bond acceptors (Lipinski definition) is 7. The zero-order chi connectivity index (χ0) is 23.4. The van der Waals surface area contributed by atoms with Crippen molar-refractivity contribution in [1.82, 2.24) is 19.9 Å². The third kappa shape index (κ3) is 5.89. The molecule has 2 atom stereocenters. The number of aromatic nitrogens is 3. The number of Topliss-reactive ketones (excluding diaryl/α,β-unsaturated/α-hetero) is 1. The fourth-order valence-corrected chi connectivity index (χ4v) is 4.46. The second-order valence-electron chi connectivity index (χ2n) is 8.56. The Hall–Kier alpha value is -2.52. The van der Waals surface area contributed by atoms with E-state index in [0.717, 1.165) is 24.8 Å². The van der Waals surface area contributed by atoms with E-state index >= 15 is 0 Å². The summed E-state index contributed by atoms with van der Waals surface area (Å²) in [4.78, 5) is 26.8. The molecule has 2 aliphatic rings. The number of thiol groups is 1. The SMILES string of the molecule is CCOC(=O)CCn1cc(/C=C2\CN(C(C(=O)C3CC3)c3ccccc3F)CCC2S)nn1. The molecule has 2 heterocycles. The van der Waals surface area contributed by atoms with E-state index in [1.54, 1.807) is 36.0 Å². The first-order valence-corrected chi connectivity index (χ1v) is 11.9. The fourth-order valence-electron chi connectivity index (χ4n) is 4.19. The summed E-state index contributed by atoms with van der Waals surface area (Å²) in [6.07, 6.45) is 6.43. The lowest BCUT2D eigenvalue weighted by Gasteiger charge is -2.37. The first kappa shape index (κ1) is 23.6. The molecule has 0 amide bonds. The van der Waals surface area contributed by atoms with Gasteiger partial charge in [0.15, 0.2) is 5.78 Å². The number of aryl methyl sites for hydroxylation is 1. The summed E-state index contributed by atoms with van der Waals surface area (Å²) in [6, 6.07) is 5.96. The molecule has 33 heavy (non-hydrogen) atoms. The van der Waals surface area contributed by atoms with Crippen molar-refractivity contribution in [1.29, 1.82) is 0 Å². The minimum Gasteiger partial charge on any atom is -0.466 e. The number of hydrogen-bond donors (Lipinski definition) is 1. The van der Waals surface area contributed by atoms with E-state index in [2.05, 4.69) is 15.2 Å². The minimum atomic E-state index is -0.594. The molecule has 2 aromatic rings. The number of carbonyl (C=O) groups excluding carboxylic acids is 2. The highest BCUT2D eigenvalue weighted by Gasteiger charge is 2.40. The second kappa shape index (κ2) is 10.6. The quantitative estimate of drug-likeness (QED) is 0.445. The van der Waals surface area contributed by atoms with Gasteiger partial charge in [0.2, 0.25) is 0 Å². The monoisotopic (exact) mass is 472 g/mol. The highest BCUT2D eigenvalue weighted by Crippen LogP contribution is 2.39. The van der Waals surface area contributed by atoms with E-state index < -0.39 is 6.04 Å². The smallest absolute Gasteiger partial charge is 0.307 e. The summed E-state index contributed by atoms with van der Waals surface area (Å²) in [6.45, 7) is 3.67.